The predicted octanol–water partition coefficient (Wildman–Crippen LogP) is 5.56. The van der Waals surface area contributed by atoms with Crippen molar-refractivity contribution in [3.05, 3.63) is 117 Å². The van der Waals surface area contributed by atoms with Crippen LogP contribution in [0.4, 0.5) is 16.2 Å². The molecule has 1 fully saturated rings. The molecule has 1 heterocycles. The normalized spacial score (nSPS) is 14.5. The summed E-state index contributed by atoms with van der Waals surface area (Å²) in [4.78, 5) is 50.8. The number of imide groups is 2. The topological polar surface area (TPSA) is 119 Å². The number of ether oxygens (including phenoxy) is 1. The zero-order valence-corrected chi connectivity index (χ0v) is 20.9. The van der Waals surface area contributed by atoms with E-state index in [4.69, 9.17) is 4.74 Å². The molecule has 4 aromatic rings. The molecule has 0 aliphatic carbocycles. The standard InChI is InChI=1S/C30H23N3O6/c1-2-20-7-4-6-10-26(20)32-29(35)25(28(34)31-30(32)36)17-24-23-9-5-3-8-21(23)13-16-27(24)39-18-19-11-14-22(15-12-19)33(37)38/h3-17H,2,18H2,1H3,(H,31,34,36)/b25-17-. The van der Waals surface area contributed by atoms with Crippen LogP contribution >= 0.6 is 0 Å². The number of benzene rings is 4. The molecule has 0 bridgehead atoms. The second-order valence-electron chi connectivity index (χ2n) is 8.85. The van der Waals surface area contributed by atoms with Crippen molar-refractivity contribution in [1.29, 1.82) is 0 Å². The molecule has 0 saturated carbocycles. The molecule has 39 heavy (non-hydrogen) atoms. The first-order chi connectivity index (χ1) is 18.9. The molecular formula is C30H23N3O6. The van der Waals surface area contributed by atoms with E-state index >= 15 is 0 Å². The summed E-state index contributed by atoms with van der Waals surface area (Å²) in [6, 6.07) is 23.3. The molecule has 1 aliphatic rings. The van der Waals surface area contributed by atoms with E-state index < -0.39 is 22.8 Å². The van der Waals surface area contributed by atoms with E-state index in [0.717, 1.165) is 21.2 Å². The summed E-state index contributed by atoms with van der Waals surface area (Å²) in [7, 11) is 0. The third-order valence-corrected chi connectivity index (χ3v) is 6.48. The fourth-order valence-electron chi connectivity index (χ4n) is 4.47. The van der Waals surface area contributed by atoms with Crippen LogP contribution in [0.15, 0.2) is 90.5 Å². The Kier molecular flexibility index (Phi) is 6.88. The van der Waals surface area contributed by atoms with Crippen molar-refractivity contribution >= 4 is 46.1 Å². The third-order valence-electron chi connectivity index (χ3n) is 6.48. The fourth-order valence-corrected chi connectivity index (χ4v) is 4.47. The van der Waals surface area contributed by atoms with Crippen molar-refractivity contribution in [1.82, 2.24) is 5.32 Å². The van der Waals surface area contributed by atoms with Gasteiger partial charge in [0.05, 0.1) is 10.6 Å². The highest BCUT2D eigenvalue weighted by atomic mass is 16.6. The van der Waals surface area contributed by atoms with Gasteiger partial charge in [0.2, 0.25) is 0 Å². The average molecular weight is 522 g/mol. The minimum atomic E-state index is -0.810. The van der Waals surface area contributed by atoms with Crippen molar-refractivity contribution in [3.8, 4) is 5.75 Å². The minimum absolute atomic E-state index is 0.0274. The number of para-hydroxylation sites is 1. The van der Waals surface area contributed by atoms with E-state index in [2.05, 4.69) is 5.32 Å². The van der Waals surface area contributed by atoms with Crippen LogP contribution < -0.4 is 15.0 Å². The Bertz CT molecular complexity index is 1660. The van der Waals surface area contributed by atoms with E-state index in [1.807, 2.05) is 49.4 Å². The van der Waals surface area contributed by atoms with Gasteiger partial charge in [-0.2, -0.15) is 0 Å². The van der Waals surface area contributed by atoms with Crippen molar-refractivity contribution < 1.29 is 24.0 Å². The van der Waals surface area contributed by atoms with Crippen LogP contribution in [-0.2, 0) is 22.6 Å². The van der Waals surface area contributed by atoms with E-state index in [-0.39, 0.29) is 17.9 Å². The van der Waals surface area contributed by atoms with Gasteiger partial charge in [-0.05, 0) is 58.7 Å². The van der Waals surface area contributed by atoms with Gasteiger partial charge in [0.1, 0.15) is 17.9 Å². The molecule has 1 N–H and O–H groups in total. The summed E-state index contributed by atoms with van der Waals surface area (Å²) in [5.41, 5.74) is 2.15. The van der Waals surface area contributed by atoms with Gasteiger partial charge in [0.25, 0.3) is 17.5 Å². The van der Waals surface area contributed by atoms with Crippen molar-refractivity contribution in [2.75, 3.05) is 4.90 Å². The quantitative estimate of drug-likeness (QED) is 0.147. The monoisotopic (exact) mass is 521 g/mol. The Balaban J connectivity index is 1.56. The van der Waals surface area contributed by atoms with Crippen LogP contribution in [0.2, 0.25) is 0 Å². The average Bonchev–Trinajstić information content (AvgIpc) is 2.94. The lowest BCUT2D eigenvalue weighted by Gasteiger charge is -2.28. The molecule has 4 aromatic carbocycles. The number of amides is 4. The number of anilines is 1. The SMILES string of the molecule is CCc1ccccc1N1C(=O)NC(=O)/C(=C/c2c(OCc3ccc([N+](=O)[O-])cc3)ccc3ccccc23)C1=O. The van der Waals surface area contributed by atoms with Crippen LogP contribution in [0.1, 0.15) is 23.6 Å². The van der Waals surface area contributed by atoms with E-state index in [1.165, 1.54) is 18.2 Å². The number of nitrogens with zero attached hydrogens (tertiary/aromatic N) is 2. The van der Waals surface area contributed by atoms with Crippen LogP contribution in [0.25, 0.3) is 16.8 Å². The zero-order chi connectivity index (χ0) is 27.5. The van der Waals surface area contributed by atoms with Crippen LogP contribution in [0, 0.1) is 10.1 Å². The number of hydrogen-bond donors (Lipinski definition) is 1. The smallest absolute Gasteiger partial charge is 0.335 e. The summed E-state index contributed by atoms with van der Waals surface area (Å²) in [6.07, 6.45) is 2.03. The maximum absolute atomic E-state index is 13.6. The third kappa shape index (κ3) is 4.97. The molecule has 1 saturated heterocycles. The highest BCUT2D eigenvalue weighted by Crippen LogP contribution is 2.33. The first-order valence-corrected chi connectivity index (χ1v) is 12.2. The number of carbonyl (C=O) groups excluding carboxylic acids is 3. The van der Waals surface area contributed by atoms with Crippen LogP contribution in [-0.4, -0.2) is 22.8 Å². The number of non-ortho nitro benzene ring substituents is 1. The summed E-state index contributed by atoms with van der Waals surface area (Å²) in [5, 5.41) is 14.8. The summed E-state index contributed by atoms with van der Waals surface area (Å²) >= 11 is 0. The lowest BCUT2D eigenvalue weighted by Crippen LogP contribution is -2.54. The molecule has 0 aromatic heterocycles. The molecule has 4 amide bonds. The second kappa shape index (κ2) is 10.6. The summed E-state index contributed by atoms with van der Waals surface area (Å²) in [5.74, 6) is -1.14. The molecule has 1 aliphatic heterocycles. The number of nitrogens with one attached hydrogen (secondary N) is 1. The Morgan fingerprint density at radius 2 is 1.64 bits per heavy atom. The molecule has 194 valence electrons. The van der Waals surface area contributed by atoms with E-state index in [0.29, 0.717) is 29.0 Å². The molecular weight excluding hydrogens is 498 g/mol. The number of nitro benzene ring substituents is 1. The Hall–Kier alpha value is -5.31. The highest BCUT2D eigenvalue weighted by molar-refractivity contribution is 6.39. The summed E-state index contributed by atoms with van der Waals surface area (Å²) < 4.78 is 6.07. The first-order valence-electron chi connectivity index (χ1n) is 12.2. The van der Waals surface area contributed by atoms with Crippen molar-refractivity contribution in [2.45, 2.75) is 20.0 Å². The number of barbiturate groups is 1. The largest absolute Gasteiger partial charge is 0.488 e. The van der Waals surface area contributed by atoms with Gasteiger partial charge in [-0.1, -0.05) is 55.5 Å². The Labute approximate surface area is 223 Å². The number of carbonyl (C=O) groups is 3. The molecule has 0 spiro atoms. The van der Waals surface area contributed by atoms with Gasteiger partial charge in [0, 0.05) is 17.7 Å². The molecule has 9 heteroatoms. The second-order valence-corrected chi connectivity index (χ2v) is 8.85. The van der Waals surface area contributed by atoms with Gasteiger partial charge in [-0.3, -0.25) is 25.0 Å². The number of urea groups is 1. The number of rotatable bonds is 7. The predicted molar refractivity (Wildman–Crippen MR) is 146 cm³/mol. The summed E-state index contributed by atoms with van der Waals surface area (Å²) in [6.45, 7) is 2.01. The van der Waals surface area contributed by atoms with Gasteiger partial charge in [0.15, 0.2) is 0 Å². The van der Waals surface area contributed by atoms with Gasteiger partial charge < -0.3 is 4.74 Å². The maximum Gasteiger partial charge on any atom is 0.335 e. The first kappa shape index (κ1) is 25.3. The van der Waals surface area contributed by atoms with Crippen molar-refractivity contribution in [3.63, 3.8) is 0 Å². The van der Waals surface area contributed by atoms with Crippen LogP contribution in [0.5, 0.6) is 5.75 Å². The Morgan fingerprint density at radius 3 is 2.38 bits per heavy atom. The van der Waals surface area contributed by atoms with E-state index in [1.54, 1.807) is 30.3 Å². The Morgan fingerprint density at radius 1 is 0.923 bits per heavy atom. The number of aryl methyl sites for hydroxylation is 1. The molecule has 0 unspecified atom stereocenters. The maximum atomic E-state index is 13.6. The molecule has 0 atom stereocenters. The lowest BCUT2D eigenvalue weighted by atomic mass is 9.99. The number of fused-ring (bicyclic) bond motifs is 1. The number of hydrogen-bond acceptors (Lipinski definition) is 6. The lowest BCUT2D eigenvalue weighted by molar-refractivity contribution is -0.384. The zero-order valence-electron chi connectivity index (χ0n) is 20.9. The molecule has 5 rings (SSSR count). The fraction of sp³-hybridized carbons (Fsp3) is 0.100. The van der Waals surface area contributed by atoms with Crippen molar-refractivity contribution in [2.24, 2.45) is 0 Å². The number of nitro groups is 1. The van der Waals surface area contributed by atoms with Crippen LogP contribution in [0.3, 0.4) is 0 Å². The van der Waals surface area contributed by atoms with E-state index in [9.17, 15) is 24.5 Å². The van der Waals surface area contributed by atoms with Gasteiger partial charge >= 0.3 is 6.03 Å². The van der Waals surface area contributed by atoms with Gasteiger partial charge in [-0.15, -0.1) is 0 Å². The molecule has 0 radical (unpaired) electrons. The molecule has 9 nitrogen and oxygen atoms in total. The highest BCUT2D eigenvalue weighted by Gasteiger charge is 2.37. The van der Waals surface area contributed by atoms with Gasteiger partial charge in [-0.25, -0.2) is 9.69 Å². The minimum Gasteiger partial charge on any atom is -0.488 e.